The van der Waals surface area contributed by atoms with Gasteiger partial charge in [-0.3, -0.25) is 0 Å². The molecule has 0 bridgehead atoms. The first kappa shape index (κ1) is 13.0. The highest BCUT2D eigenvalue weighted by Gasteiger charge is 2.07. The quantitative estimate of drug-likeness (QED) is 0.824. The molecule has 2 aromatic rings. The largest absolute Gasteiger partial charge is 0.368 e. The molecule has 0 spiro atoms. The summed E-state index contributed by atoms with van der Waals surface area (Å²) in [6, 6.07) is 4.55. The van der Waals surface area contributed by atoms with Crippen LogP contribution >= 0.6 is 27.5 Å². The normalized spacial score (nSPS) is 10.4. The van der Waals surface area contributed by atoms with Crippen LogP contribution in [0.2, 0.25) is 5.15 Å². The molecule has 0 aliphatic carbocycles. The Kier molecular flexibility index (Phi) is 3.68. The summed E-state index contributed by atoms with van der Waals surface area (Å²) < 4.78 is 13.9. The first-order valence-electron chi connectivity index (χ1n) is 4.98. The molecule has 0 fully saturated rings. The van der Waals surface area contributed by atoms with Gasteiger partial charge >= 0.3 is 0 Å². The van der Waals surface area contributed by atoms with Gasteiger partial charge in [0.25, 0.3) is 0 Å². The number of aryl methyl sites for hydroxylation is 1. The van der Waals surface area contributed by atoms with Gasteiger partial charge in [0.2, 0.25) is 5.95 Å². The third kappa shape index (κ3) is 2.88. The molecule has 1 heterocycles. The minimum atomic E-state index is -0.365. The van der Waals surface area contributed by atoms with Crippen molar-refractivity contribution in [2.75, 3.05) is 11.1 Å². The molecule has 1 aromatic carbocycles. The van der Waals surface area contributed by atoms with Gasteiger partial charge in [-0.25, -0.2) is 9.37 Å². The fraction of sp³-hybridized carbons (Fsp3) is 0.0909. The van der Waals surface area contributed by atoms with Crippen LogP contribution in [0.15, 0.2) is 22.7 Å². The van der Waals surface area contributed by atoms with E-state index in [4.69, 9.17) is 17.3 Å². The predicted molar refractivity (Wildman–Crippen MR) is 73.6 cm³/mol. The van der Waals surface area contributed by atoms with E-state index in [1.54, 1.807) is 6.07 Å². The van der Waals surface area contributed by atoms with Gasteiger partial charge in [-0.15, -0.1) is 0 Å². The highest BCUT2D eigenvalue weighted by atomic mass is 79.9. The van der Waals surface area contributed by atoms with Gasteiger partial charge in [0, 0.05) is 11.8 Å². The number of anilines is 3. The summed E-state index contributed by atoms with van der Waals surface area (Å²) in [5.74, 6) is 0.105. The molecule has 4 nitrogen and oxygen atoms in total. The number of hydrogen-bond donors (Lipinski definition) is 2. The van der Waals surface area contributed by atoms with E-state index in [1.165, 1.54) is 12.1 Å². The number of halogens is 3. The van der Waals surface area contributed by atoms with Crippen molar-refractivity contribution in [2.45, 2.75) is 6.92 Å². The first-order valence-corrected chi connectivity index (χ1v) is 6.15. The fourth-order valence-electron chi connectivity index (χ4n) is 1.42. The number of hydrogen-bond acceptors (Lipinski definition) is 4. The lowest BCUT2D eigenvalue weighted by Crippen LogP contribution is -2.01. The lowest BCUT2D eigenvalue weighted by molar-refractivity contribution is 0.621. The van der Waals surface area contributed by atoms with E-state index in [0.717, 1.165) is 5.56 Å². The molecule has 3 N–H and O–H groups in total. The summed E-state index contributed by atoms with van der Waals surface area (Å²) >= 11 is 8.88. The second-order valence-electron chi connectivity index (χ2n) is 3.64. The molecule has 0 saturated carbocycles. The second kappa shape index (κ2) is 5.07. The maximum absolute atomic E-state index is 13.5. The number of nitrogen functional groups attached to an aromatic ring is 1. The Bertz CT molecular complexity index is 586. The van der Waals surface area contributed by atoms with Crippen molar-refractivity contribution in [3.63, 3.8) is 0 Å². The average Bonchev–Trinajstić information content (AvgIpc) is 2.24. The Balaban J connectivity index is 2.36. The number of nitrogens with zero attached hydrogens (tertiary/aromatic N) is 2. The van der Waals surface area contributed by atoms with Crippen molar-refractivity contribution in [2.24, 2.45) is 0 Å². The zero-order chi connectivity index (χ0) is 13.3. The molecular weight excluding hydrogens is 323 g/mol. The van der Waals surface area contributed by atoms with Crippen LogP contribution in [0.3, 0.4) is 0 Å². The van der Waals surface area contributed by atoms with Crippen molar-refractivity contribution in [1.29, 1.82) is 0 Å². The summed E-state index contributed by atoms with van der Waals surface area (Å²) in [5.41, 5.74) is 6.92. The minimum absolute atomic E-state index is 0.0558. The third-order valence-corrected chi connectivity index (χ3v) is 3.04. The Hall–Kier alpha value is -1.40. The van der Waals surface area contributed by atoms with E-state index < -0.39 is 0 Å². The summed E-state index contributed by atoms with van der Waals surface area (Å²) in [6.07, 6.45) is 0. The average molecular weight is 332 g/mol. The van der Waals surface area contributed by atoms with E-state index in [9.17, 15) is 4.39 Å². The van der Waals surface area contributed by atoms with Crippen molar-refractivity contribution in [3.05, 3.63) is 39.2 Å². The van der Waals surface area contributed by atoms with E-state index in [1.807, 2.05) is 6.92 Å². The van der Waals surface area contributed by atoms with Crippen molar-refractivity contribution >= 4 is 45.0 Å². The Labute approximate surface area is 117 Å². The number of rotatable bonds is 2. The second-order valence-corrected chi connectivity index (χ2v) is 4.88. The summed E-state index contributed by atoms with van der Waals surface area (Å²) in [5, 5.41) is 3.17. The first-order chi connectivity index (χ1) is 8.45. The van der Waals surface area contributed by atoms with Crippen molar-refractivity contribution in [3.8, 4) is 0 Å². The number of nitrogens with one attached hydrogen (secondary N) is 1. The van der Waals surface area contributed by atoms with Crippen LogP contribution in [-0.2, 0) is 0 Å². The van der Waals surface area contributed by atoms with Gasteiger partial charge < -0.3 is 11.1 Å². The zero-order valence-corrected chi connectivity index (χ0v) is 11.7. The molecule has 0 amide bonds. The lowest BCUT2D eigenvalue weighted by Gasteiger charge is -2.10. The topological polar surface area (TPSA) is 63.8 Å². The van der Waals surface area contributed by atoms with E-state index in [0.29, 0.717) is 16.0 Å². The van der Waals surface area contributed by atoms with Crippen LogP contribution in [0.5, 0.6) is 0 Å². The Morgan fingerprint density at radius 1 is 1.33 bits per heavy atom. The molecular formula is C11H9BrClFN4. The summed E-state index contributed by atoms with van der Waals surface area (Å²) in [7, 11) is 0. The Morgan fingerprint density at radius 3 is 2.72 bits per heavy atom. The van der Waals surface area contributed by atoms with Gasteiger partial charge in [-0.2, -0.15) is 4.98 Å². The Morgan fingerprint density at radius 2 is 2.06 bits per heavy atom. The number of aromatic nitrogens is 2. The third-order valence-electron chi connectivity index (χ3n) is 2.24. The van der Waals surface area contributed by atoms with Crippen LogP contribution in [0.1, 0.15) is 5.56 Å². The maximum Gasteiger partial charge on any atom is 0.223 e. The van der Waals surface area contributed by atoms with Gasteiger partial charge in [-0.1, -0.05) is 11.6 Å². The smallest absolute Gasteiger partial charge is 0.223 e. The molecule has 0 saturated heterocycles. The molecule has 0 atom stereocenters. The maximum atomic E-state index is 13.5. The van der Waals surface area contributed by atoms with E-state index >= 15 is 0 Å². The lowest BCUT2D eigenvalue weighted by atomic mass is 10.2. The molecule has 0 aliphatic rings. The molecule has 18 heavy (non-hydrogen) atoms. The monoisotopic (exact) mass is 330 g/mol. The van der Waals surface area contributed by atoms with Crippen LogP contribution < -0.4 is 11.1 Å². The van der Waals surface area contributed by atoms with Crippen LogP contribution in [0.25, 0.3) is 0 Å². The van der Waals surface area contributed by atoms with Gasteiger partial charge in [-0.05, 0) is 40.5 Å². The molecule has 2 rings (SSSR count). The number of nitrogens with two attached hydrogens (primary N) is 1. The van der Waals surface area contributed by atoms with Gasteiger partial charge in [0.05, 0.1) is 4.47 Å². The fourth-order valence-corrected chi connectivity index (χ4v) is 2.07. The highest BCUT2D eigenvalue weighted by Crippen LogP contribution is 2.26. The number of benzene rings is 1. The SMILES string of the molecule is Cc1cc(Br)c(F)cc1Nc1cc(Cl)nc(N)n1. The van der Waals surface area contributed by atoms with E-state index in [-0.39, 0.29) is 16.9 Å². The van der Waals surface area contributed by atoms with E-state index in [2.05, 4.69) is 31.2 Å². The zero-order valence-electron chi connectivity index (χ0n) is 9.34. The molecule has 94 valence electrons. The van der Waals surface area contributed by atoms with Gasteiger partial charge in [0.1, 0.15) is 16.8 Å². The van der Waals surface area contributed by atoms with Crippen molar-refractivity contribution in [1.82, 2.24) is 9.97 Å². The molecule has 1 aromatic heterocycles. The van der Waals surface area contributed by atoms with Crippen LogP contribution in [-0.4, -0.2) is 9.97 Å². The van der Waals surface area contributed by atoms with Crippen molar-refractivity contribution < 1.29 is 4.39 Å². The molecule has 0 unspecified atom stereocenters. The molecule has 7 heteroatoms. The highest BCUT2D eigenvalue weighted by molar-refractivity contribution is 9.10. The summed E-state index contributed by atoms with van der Waals surface area (Å²) in [6.45, 7) is 1.85. The predicted octanol–water partition coefficient (Wildman–Crippen LogP) is 3.67. The van der Waals surface area contributed by atoms with Gasteiger partial charge in [0.15, 0.2) is 0 Å². The minimum Gasteiger partial charge on any atom is -0.368 e. The van der Waals surface area contributed by atoms with Crippen LogP contribution in [0.4, 0.5) is 21.8 Å². The summed E-state index contributed by atoms with van der Waals surface area (Å²) in [4.78, 5) is 7.70. The van der Waals surface area contributed by atoms with Crippen LogP contribution in [0, 0.1) is 12.7 Å². The molecule has 0 radical (unpaired) electrons. The molecule has 0 aliphatic heterocycles. The standard InChI is InChI=1S/C11H9BrClFN4/c1-5-2-6(12)7(14)3-8(5)16-10-4-9(13)17-11(15)18-10/h2-4H,1H3,(H3,15,16,17,18).